The van der Waals surface area contributed by atoms with E-state index in [0.29, 0.717) is 19.0 Å². The first-order chi connectivity index (χ1) is 13.9. The van der Waals surface area contributed by atoms with Crippen molar-refractivity contribution in [3.8, 4) is 5.75 Å². The molecule has 1 fully saturated rings. The monoisotopic (exact) mass is 419 g/mol. The molecule has 2 amide bonds. The molecule has 0 aromatic heterocycles. The quantitative estimate of drug-likeness (QED) is 0.693. The van der Waals surface area contributed by atoms with Crippen molar-refractivity contribution in [1.29, 1.82) is 0 Å². The molecule has 9 nitrogen and oxygen atoms in total. The summed E-state index contributed by atoms with van der Waals surface area (Å²) in [5.74, 6) is -0.849. The molecule has 2 N–H and O–H groups in total. The molecule has 3 rings (SSSR count). The number of ether oxygens (including phenoxy) is 2. The fourth-order valence-electron chi connectivity index (χ4n) is 2.82. The summed E-state index contributed by atoms with van der Waals surface area (Å²) in [6.45, 7) is 1.17. The molecule has 1 aliphatic heterocycles. The second-order valence-electron chi connectivity index (χ2n) is 6.15. The second kappa shape index (κ2) is 9.03. The van der Waals surface area contributed by atoms with E-state index in [0.717, 1.165) is 0 Å². The zero-order chi connectivity index (χ0) is 20.9. The number of para-hydroxylation sites is 1. The minimum atomic E-state index is -3.73. The molecule has 0 radical (unpaired) electrons. The Morgan fingerprint density at radius 3 is 2.41 bits per heavy atom. The molecule has 29 heavy (non-hydrogen) atoms. The van der Waals surface area contributed by atoms with Crippen molar-refractivity contribution < 1.29 is 27.5 Å². The van der Waals surface area contributed by atoms with E-state index in [1.165, 1.54) is 35.7 Å². The van der Waals surface area contributed by atoms with Gasteiger partial charge in [0.1, 0.15) is 5.75 Å². The van der Waals surface area contributed by atoms with E-state index >= 15 is 0 Å². The van der Waals surface area contributed by atoms with Crippen LogP contribution >= 0.6 is 0 Å². The van der Waals surface area contributed by atoms with Gasteiger partial charge in [-0.05, 0) is 30.3 Å². The van der Waals surface area contributed by atoms with Crippen LogP contribution in [0.5, 0.6) is 5.75 Å². The number of hydrazine groups is 1. The first-order valence-electron chi connectivity index (χ1n) is 8.85. The van der Waals surface area contributed by atoms with Crippen molar-refractivity contribution in [2.24, 2.45) is 0 Å². The SMILES string of the molecule is COc1ccccc1C(=O)NNC(=O)c1cccc(S(=O)(=O)N2CCOCC2)c1. The Kier molecular flexibility index (Phi) is 6.47. The fourth-order valence-corrected chi connectivity index (χ4v) is 4.27. The molecule has 1 saturated heterocycles. The first-order valence-corrected chi connectivity index (χ1v) is 10.3. The summed E-state index contributed by atoms with van der Waals surface area (Å²) in [7, 11) is -2.30. The molecule has 0 spiro atoms. The van der Waals surface area contributed by atoms with E-state index in [-0.39, 0.29) is 29.1 Å². The van der Waals surface area contributed by atoms with Gasteiger partial charge in [0.2, 0.25) is 10.0 Å². The molecule has 1 heterocycles. The van der Waals surface area contributed by atoms with Crippen molar-refractivity contribution in [1.82, 2.24) is 15.2 Å². The Morgan fingerprint density at radius 1 is 1.00 bits per heavy atom. The van der Waals surface area contributed by atoms with Gasteiger partial charge in [0.05, 0.1) is 30.8 Å². The Balaban J connectivity index is 1.70. The summed E-state index contributed by atoms with van der Waals surface area (Å²) in [4.78, 5) is 24.7. The number of rotatable bonds is 5. The van der Waals surface area contributed by atoms with Gasteiger partial charge in [0.15, 0.2) is 0 Å². The predicted octanol–water partition coefficient (Wildman–Crippen LogP) is 0.791. The summed E-state index contributed by atoms with van der Waals surface area (Å²) < 4.78 is 37.1. The van der Waals surface area contributed by atoms with Crippen LogP contribution in [0, 0.1) is 0 Å². The largest absolute Gasteiger partial charge is 0.496 e. The second-order valence-corrected chi connectivity index (χ2v) is 8.09. The lowest BCUT2D eigenvalue weighted by Crippen LogP contribution is -2.42. The summed E-state index contributed by atoms with van der Waals surface area (Å²) in [6, 6.07) is 12.2. The minimum Gasteiger partial charge on any atom is -0.496 e. The lowest BCUT2D eigenvalue weighted by Gasteiger charge is -2.26. The van der Waals surface area contributed by atoms with Crippen molar-refractivity contribution in [2.75, 3.05) is 33.4 Å². The topological polar surface area (TPSA) is 114 Å². The minimum absolute atomic E-state index is 0.00288. The number of nitrogens with zero attached hydrogens (tertiary/aromatic N) is 1. The van der Waals surface area contributed by atoms with E-state index < -0.39 is 21.8 Å². The molecule has 0 unspecified atom stereocenters. The van der Waals surface area contributed by atoms with Crippen LogP contribution in [0.15, 0.2) is 53.4 Å². The van der Waals surface area contributed by atoms with Gasteiger partial charge in [-0.2, -0.15) is 4.31 Å². The van der Waals surface area contributed by atoms with Gasteiger partial charge in [0.25, 0.3) is 11.8 Å². The maximum absolute atomic E-state index is 12.7. The molecule has 1 aliphatic rings. The van der Waals surface area contributed by atoms with Crippen molar-refractivity contribution in [3.05, 3.63) is 59.7 Å². The molecule has 154 valence electrons. The lowest BCUT2D eigenvalue weighted by atomic mass is 10.2. The van der Waals surface area contributed by atoms with Gasteiger partial charge in [-0.15, -0.1) is 0 Å². The van der Waals surface area contributed by atoms with Crippen LogP contribution in [-0.4, -0.2) is 58.0 Å². The van der Waals surface area contributed by atoms with Crippen molar-refractivity contribution in [3.63, 3.8) is 0 Å². The highest BCUT2D eigenvalue weighted by Crippen LogP contribution is 2.19. The Hall–Kier alpha value is -2.95. The Morgan fingerprint density at radius 2 is 1.69 bits per heavy atom. The number of nitrogens with one attached hydrogen (secondary N) is 2. The van der Waals surface area contributed by atoms with Crippen LogP contribution < -0.4 is 15.6 Å². The zero-order valence-electron chi connectivity index (χ0n) is 15.8. The maximum Gasteiger partial charge on any atom is 0.273 e. The molecule has 0 atom stereocenters. The van der Waals surface area contributed by atoms with Crippen LogP contribution in [0.3, 0.4) is 0 Å². The third-order valence-corrected chi connectivity index (χ3v) is 6.24. The molecule has 0 bridgehead atoms. The average Bonchev–Trinajstić information content (AvgIpc) is 2.77. The maximum atomic E-state index is 12.7. The van der Waals surface area contributed by atoms with Crippen molar-refractivity contribution in [2.45, 2.75) is 4.90 Å². The third-order valence-electron chi connectivity index (χ3n) is 4.35. The molecule has 0 aliphatic carbocycles. The Labute approximate surface area is 168 Å². The smallest absolute Gasteiger partial charge is 0.273 e. The van der Waals surface area contributed by atoms with E-state index in [2.05, 4.69) is 10.9 Å². The number of carbonyl (C=O) groups is 2. The molecular weight excluding hydrogens is 398 g/mol. The van der Waals surface area contributed by atoms with Crippen LogP contribution in [-0.2, 0) is 14.8 Å². The van der Waals surface area contributed by atoms with Crippen LogP contribution in [0.1, 0.15) is 20.7 Å². The van der Waals surface area contributed by atoms with Gasteiger partial charge >= 0.3 is 0 Å². The van der Waals surface area contributed by atoms with Gasteiger partial charge < -0.3 is 9.47 Å². The first kappa shape index (κ1) is 20.8. The summed E-state index contributed by atoms with van der Waals surface area (Å²) in [5, 5.41) is 0. The number of amides is 2. The van der Waals surface area contributed by atoms with E-state index in [4.69, 9.17) is 9.47 Å². The van der Waals surface area contributed by atoms with E-state index in [1.54, 1.807) is 24.3 Å². The van der Waals surface area contributed by atoms with Gasteiger partial charge in [-0.25, -0.2) is 8.42 Å². The van der Waals surface area contributed by atoms with Crippen LogP contribution in [0.25, 0.3) is 0 Å². The number of morpholine rings is 1. The molecule has 0 saturated carbocycles. The van der Waals surface area contributed by atoms with Crippen LogP contribution in [0.4, 0.5) is 0 Å². The molecular formula is C19H21N3O6S. The standard InChI is InChI=1S/C19H21N3O6S/c1-27-17-8-3-2-7-16(17)19(24)21-20-18(23)14-5-4-6-15(13-14)29(25,26)22-9-11-28-12-10-22/h2-8,13H,9-12H2,1H3,(H,20,23)(H,21,24). The fraction of sp³-hybridized carbons (Fsp3) is 0.263. The highest BCUT2D eigenvalue weighted by Gasteiger charge is 2.27. The number of carbonyl (C=O) groups excluding carboxylic acids is 2. The number of hydrogen-bond donors (Lipinski definition) is 2. The number of benzene rings is 2. The summed E-state index contributed by atoms with van der Waals surface area (Å²) in [6.07, 6.45) is 0. The predicted molar refractivity (Wildman–Crippen MR) is 104 cm³/mol. The van der Waals surface area contributed by atoms with E-state index in [9.17, 15) is 18.0 Å². The highest BCUT2D eigenvalue weighted by molar-refractivity contribution is 7.89. The highest BCUT2D eigenvalue weighted by atomic mass is 32.2. The molecule has 2 aromatic rings. The number of methoxy groups -OCH3 is 1. The van der Waals surface area contributed by atoms with E-state index in [1.807, 2.05) is 0 Å². The lowest BCUT2D eigenvalue weighted by molar-refractivity contribution is 0.0730. The molecule has 10 heteroatoms. The zero-order valence-corrected chi connectivity index (χ0v) is 16.6. The molecule has 2 aromatic carbocycles. The summed E-state index contributed by atoms with van der Waals surface area (Å²) >= 11 is 0. The average molecular weight is 419 g/mol. The summed E-state index contributed by atoms with van der Waals surface area (Å²) in [5.41, 5.74) is 4.93. The number of sulfonamides is 1. The van der Waals surface area contributed by atoms with Crippen molar-refractivity contribution >= 4 is 21.8 Å². The third kappa shape index (κ3) is 4.73. The van der Waals surface area contributed by atoms with Gasteiger partial charge in [-0.1, -0.05) is 18.2 Å². The number of hydrogen-bond acceptors (Lipinski definition) is 6. The Bertz CT molecular complexity index is 1000. The van der Waals surface area contributed by atoms with Crippen LogP contribution in [0.2, 0.25) is 0 Å². The van der Waals surface area contributed by atoms with Gasteiger partial charge in [0, 0.05) is 18.7 Å². The van der Waals surface area contributed by atoms with Gasteiger partial charge in [-0.3, -0.25) is 20.4 Å². The normalized spacial score (nSPS) is 14.8.